The number of aryl methyl sites for hydroxylation is 1. The lowest BCUT2D eigenvalue weighted by Gasteiger charge is -2.16. The van der Waals surface area contributed by atoms with Crippen molar-refractivity contribution < 1.29 is 24.1 Å². The summed E-state index contributed by atoms with van der Waals surface area (Å²) in [5, 5.41) is 9.28. The van der Waals surface area contributed by atoms with Gasteiger partial charge >= 0.3 is 5.97 Å². The van der Waals surface area contributed by atoms with Crippen LogP contribution in [-0.2, 0) is 0 Å². The predicted octanol–water partition coefficient (Wildman–Crippen LogP) is 4.28. The molecule has 0 aliphatic carbocycles. The van der Waals surface area contributed by atoms with Crippen LogP contribution in [0.4, 0.5) is 0 Å². The van der Waals surface area contributed by atoms with Gasteiger partial charge in [-0.15, -0.1) is 0 Å². The molecule has 5 heteroatoms. The van der Waals surface area contributed by atoms with Gasteiger partial charge in [-0.1, -0.05) is 32.0 Å². The van der Waals surface area contributed by atoms with Gasteiger partial charge in [0.2, 0.25) is 0 Å². The maximum atomic E-state index is 11.3. The molecule has 0 saturated heterocycles. The third kappa shape index (κ3) is 4.66. The molecular formula is C20H24O5. The molecule has 2 aromatic rings. The molecule has 0 aliphatic heterocycles. The van der Waals surface area contributed by atoms with Crippen LogP contribution in [0.1, 0.15) is 41.3 Å². The second kappa shape index (κ2) is 8.42. The van der Waals surface area contributed by atoms with E-state index in [4.69, 9.17) is 14.2 Å². The van der Waals surface area contributed by atoms with Crippen molar-refractivity contribution in [3.63, 3.8) is 0 Å². The van der Waals surface area contributed by atoms with Gasteiger partial charge < -0.3 is 19.3 Å². The lowest BCUT2D eigenvalue weighted by molar-refractivity contribution is 0.0690. The third-order valence-corrected chi connectivity index (χ3v) is 3.81. The van der Waals surface area contributed by atoms with Crippen LogP contribution in [-0.4, -0.2) is 31.4 Å². The van der Waals surface area contributed by atoms with Crippen molar-refractivity contribution in [1.82, 2.24) is 0 Å². The van der Waals surface area contributed by atoms with Crippen LogP contribution in [0.25, 0.3) is 0 Å². The number of carboxylic acids is 1. The summed E-state index contributed by atoms with van der Waals surface area (Å²) in [5.41, 5.74) is 2.32. The first-order valence-electron chi connectivity index (χ1n) is 8.20. The lowest BCUT2D eigenvalue weighted by atomic mass is 10.0. The van der Waals surface area contributed by atoms with Crippen molar-refractivity contribution in [3.8, 4) is 17.2 Å². The Bertz CT molecular complexity index is 737. The molecule has 0 spiro atoms. The van der Waals surface area contributed by atoms with E-state index in [1.54, 1.807) is 12.1 Å². The second-order valence-corrected chi connectivity index (χ2v) is 6.04. The molecule has 2 aromatic carbocycles. The number of aromatic carboxylic acids is 1. The fourth-order valence-corrected chi connectivity index (χ4v) is 2.53. The summed E-state index contributed by atoms with van der Waals surface area (Å²) in [6, 6.07) is 10.9. The maximum Gasteiger partial charge on any atom is 0.339 e. The lowest BCUT2D eigenvalue weighted by Crippen LogP contribution is -2.13. The standard InChI is InChI=1S/C20H24O5/c1-13(2)15-9-8-14(3)12-18(15)24-10-11-25-19-16(20(21)22)6-5-7-17(19)23-4/h5-9,12-13H,10-11H2,1-4H3,(H,21,22). The first-order valence-corrected chi connectivity index (χ1v) is 8.20. The Balaban J connectivity index is 2.05. The zero-order valence-corrected chi connectivity index (χ0v) is 15.0. The number of ether oxygens (including phenoxy) is 3. The van der Waals surface area contributed by atoms with Crippen molar-refractivity contribution in [3.05, 3.63) is 53.1 Å². The Morgan fingerprint density at radius 2 is 1.80 bits per heavy atom. The van der Waals surface area contributed by atoms with Gasteiger partial charge in [0.15, 0.2) is 11.5 Å². The van der Waals surface area contributed by atoms with Crippen molar-refractivity contribution >= 4 is 5.97 Å². The van der Waals surface area contributed by atoms with Crippen LogP contribution in [0, 0.1) is 6.92 Å². The normalized spacial score (nSPS) is 10.6. The minimum Gasteiger partial charge on any atom is -0.493 e. The molecule has 0 unspecified atom stereocenters. The van der Waals surface area contributed by atoms with Crippen LogP contribution >= 0.6 is 0 Å². The van der Waals surface area contributed by atoms with E-state index in [0.717, 1.165) is 16.9 Å². The molecule has 0 aliphatic rings. The summed E-state index contributed by atoms with van der Waals surface area (Å²) in [5.74, 6) is 0.727. The van der Waals surface area contributed by atoms with Crippen molar-refractivity contribution in [1.29, 1.82) is 0 Å². The SMILES string of the molecule is COc1cccc(C(=O)O)c1OCCOc1cc(C)ccc1C(C)C. The molecule has 0 amide bonds. The van der Waals surface area contributed by atoms with E-state index in [-0.39, 0.29) is 17.9 Å². The Labute approximate surface area is 148 Å². The molecule has 2 rings (SSSR count). The second-order valence-electron chi connectivity index (χ2n) is 6.04. The highest BCUT2D eigenvalue weighted by Crippen LogP contribution is 2.31. The average Bonchev–Trinajstić information content (AvgIpc) is 2.58. The van der Waals surface area contributed by atoms with E-state index in [1.807, 2.05) is 13.0 Å². The Kier molecular flexibility index (Phi) is 6.28. The fraction of sp³-hybridized carbons (Fsp3) is 0.350. The zero-order chi connectivity index (χ0) is 18.4. The highest BCUT2D eigenvalue weighted by Gasteiger charge is 2.16. The summed E-state index contributed by atoms with van der Waals surface area (Å²) in [7, 11) is 1.48. The molecule has 25 heavy (non-hydrogen) atoms. The Hall–Kier alpha value is -2.69. The molecule has 0 radical (unpaired) electrons. The molecule has 0 aromatic heterocycles. The molecule has 5 nitrogen and oxygen atoms in total. The summed E-state index contributed by atoms with van der Waals surface area (Å²) in [6.07, 6.45) is 0. The number of carbonyl (C=O) groups is 1. The van der Waals surface area contributed by atoms with E-state index >= 15 is 0 Å². The number of carboxylic acid groups (broad SMARTS) is 1. The first kappa shape index (κ1) is 18.6. The van der Waals surface area contributed by atoms with Gasteiger partial charge in [-0.05, 0) is 42.2 Å². The van der Waals surface area contributed by atoms with E-state index < -0.39 is 5.97 Å². The number of para-hydroxylation sites is 1. The average molecular weight is 344 g/mol. The van der Waals surface area contributed by atoms with E-state index in [1.165, 1.54) is 13.2 Å². The summed E-state index contributed by atoms with van der Waals surface area (Å²) in [4.78, 5) is 11.3. The summed E-state index contributed by atoms with van der Waals surface area (Å²) >= 11 is 0. The van der Waals surface area contributed by atoms with Crippen LogP contribution in [0.2, 0.25) is 0 Å². The number of hydrogen-bond donors (Lipinski definition) is 1. The summed E-state index contributed by atoms with van der Waals surface area (Å²) in [6.45, 7) is 6.76. The zero-order valence-electron chi connectivity index (χ0n) is 15.0. The Morgan fingerprint density at radius 1 is 1.08 bits per heavy atom. The molecule has 0 heterocycles. The van der Waals surface area contributed by atoms with Gasteiger partial charge in [-0.25, -0.2) is 4.79 Å². The number of hydrogen-bond acceptors (Lipinski definition) is 4. The highest BCUT2D eigenvalue weighted by molar-refractivity contribution is 5.92. The van der Waals surface area contributed by atoms with Gasteiger partial charge in [0.1, 0.15) is 24.5 Å². The van der Waals surface area contributed by atoms with Crippen molar-refractivity contribution in [2.75, 3.05) is 20.3 Å². The Morgan fingerprint density at radius 3 is 2.44 bits per heavy atom. The van der Waals surface area contributed by atoms with E-state index in [9.17, 15) is 9.90 Å². The van der Waals surface area contributed by atoms with Gasteiger partial charge in [0, 0.05) is 0 Å². The van der Waals surface area contributed by atoms with Crippen LogP contribution in [0.3, 0.4) is 0 Å². The highest BCUT2D eigenvalue weighted by atomic mass is 16.5. The quantitative estimate of drug-likeness (QED) is 0.724. The van der Waals surface area contributed by atoms with Crippen molar-refractivity contribution in [2.24, 2.45) is 0 Å². The number of rotatable bonds is 8. The smallest absolute Gasteiger partial charge is 0.339 e. The predicted molar refractivity (Wildman–Crippen MR) is 96.2 cm³/mol. The van der Waals surface area contributed by atoms with E-state index in [2.05, 4.69) is 26.0 Å². The molecule has 0 saturated carbocycles. The van der Waals surface area contributed by atoms with Gasteiger partial charge in [0.05, 0.1) is 7.11 Å². The number of methoxy groups -OCH3 is 1. The molecule has 1 N–H and O–H groups in total. The summed E-state index contributed by atoms with van der Waals surface area (Å²) < 4.78 is 16.7. The maximum absolute atomic E-state index is 11.3. The minimum absolute atomic E-state index is 0.0674. The topological polar surface area (TPSA) is 65.0 Å². The van der Waals surface area contributed by atoms with E-state index in [0.29, 0.717) is 18.3 Å². The van der Waals surface area contributed by atoms with Crippen LogP contribution in [0.15, 0.2) is 36.4 Å². The molecule has 134 valence electrons. The van der Waals surface area contributed by atoms with Gasteiger partial charge in [-0.2, -0.15) is 0 Å². The van der Waals surface area contributed by atoms with Crippen molar-refractivity contribution in [2.45, 2.75) is 26.7 Å². The fourth-order valence-electron chi connectivity index (χ4n) is 2.53. The van der Waals surface area contributed by atoms with Gasteiger partial charge in [-0.3, -0.25) is 0 Å². The largest absolute Gasteiger partial charge is 0.493 e. The number of benzene rings is 2. The van der Waals surface area contributed by atoms with Gasteiger partial charge in [0.25, 0.3) is 0 Å². The molecular weight excluding hydrogens is 320 g/mol. The molecule has 0 fully saturated rings. The molecule has 0 atom stereocenters. The van der Waals surface area contributed by atoms with Crippen LogP contribution in [0.5, 0.6) is 17.2 Å². The monoisotopic (exact) mass is 344 g/mol. The third-order valence-electron chi connectivity index (χ3n) is 3.81. The van der Waals surface area contributed by atoms with Crippen LogP contribution < -0.4 is 14.2 Å². The molecule has 0 bridgehead atoms. The first-order chi connectivity index (χ1) is 11.9. The minimum atomic E-state index is -1.06.